The van der Waals surface area contributed by atoms with E-state index < -0.39 is 0 Å². The smallest absolute Gasteiger partial charge is 0.101 e. The first-order valence-corrected chi connectivity index (χ1v) is 3.87. The van der Waals surface area contributed by atoms with E-state index in [1.54, 1.807) is 7.11 Å². The summed E-state index contributed by atoms with van der Waals surface area (Å²) in [5.74, 6) is 0. The highest BCUT2D eigenvalue weighted by atomic mass is 16.5. The van der Waals surface area contributed by atoms with Crippen LogP contribution < -0.4 is 5.73 Å². The van der Waals surface area contributed by atoms with Gasteiger partial charge >= 0.3 is 0 Å². The van der Waals surface area contributed by atoms with E-state index in [4.69, 9.17) is 15.7 Å². The first kappa shape index (κ1) is 9.49. The molecule has 0 radical (unpaired) electrons. The average molecular weight is 177 g/mol. The molecule has 1 aromatic rings. The maximum absolute atomic E-state index is 8.79. The summed E-state index contributed by atoms with van der Waals surface area (Å²) in [4.78, 5) is 3.83. The van der Waals surface area contributed by atoms with Gasteiger partial charge in [-0.1, -0.05) is 0 Å². The summed E-state index contributed by atoms with van der Waals surface area (Å²) < 4.78 is 5.10. The normalized spacial score (nSPS) is 12.1. The van der Waals surface area contributed by atoms with Gasteiger partial charge in [-0.2, -0.15) is 5.26 Å². The lowest BCUT2D eigenvalue weighted by Crippen LogP contribution is -2.04. The zero-order valence-corrected chi connectivity index (χ0v) is 7.61. The van der Waals surface area contributed by atoms with Gasteiger partial charge in [-0.25, -0.2) is 0 Å². The van der Waals surface area contributed by atoms with E-state index in [2.05, 4.69) is 4.98 Å². The Morgan fingerprint density at radius 1 is 1.62 bits per heavy atom. The number of aromatic nitrogens is 1. The number of methoxy groups -OCH3 is 1. The number of pyridine rings is 1. The van der Waals surface area contributed by atoms with E-state index in [0.717, 1.165) is 0 Å². The van der Waals surface area contributed by atoms with Crippen molar-refractivity contribution in [2.24, 2.45) is 0 Å². The fraction of sp³-hybridized carbons (Fsp3) is 0.333. The second kappa shape index (κ2) is 3.87. The van der Waals surface area contributed by atoms with E-state index in [0.29, 0.717) is 16.8 Å². The summed E-state index contributed by atoms with van der Waals surface area (Å²) in [5.41, 5.74) is 7.35. The van der Waals surface area contributed by atoms with Crippen LogP contribution in [0.2, 0.25) is 0 Å². The molecule has 0 fully saturated rings. The number of rotatable bonds is 2. The second-order valence-corrected chi connectivity index (χ2v) is 2.68. The SMILES string of the molecule is COC(C)c1c(N)cncc1C#N. The fourth-order valence-corrected chi connectivity index (χ4v) is 1.15. The molecule has 0 saturated carbocycles. The molecule has 0 bridgehead atoms. The lowest BCUT2D eigenvalue weighted by molar-refractivity contribution is 0.120. The Kier molecular flexibility index (Phi) is 2.83. The van der Waals surface area contributed by atoms with Crippen LogP contribution >= 0.6 is 0 Å². The maximum Gasteiger partial charge on any atom is 0.101 e. The highest BCUT2D eigenvalue weighted by Crippen LogP contribution is 2.24. The zero-order chi connectivity index (χ0) is 9.84. The highest BCUT2D eigenvalue weighted by Gasteiger charge is 2.13. The molecule has 0 spiro atoms. The summed E-state index contributed by atoms with van der Waals surface area (Å²) in [7, 11) is 1.58. The molecule has 13 heavy (non-hydrogen) atoms. The van der Waals surface area contributed by atoms with Gasteiger partial charge in [0, 0.05) is 18.9 Å². The van der Waals surface area contributed by atoms with Crippen LogP contribution in [0.1, 0.15) is 24.2 Å². The Balaban J connectivity index is 3.24. The molecule has 0 aromatic carbocycles. The molecule has 0 aliphatic carbocycles. The van der Waals surface area contributed by atoms with Gasteiger partial charge in [0.25, 0.3) is 0 Å². The van der Waals surface area contributed by atoms with E-state index in [1.807, 2.05) is 13.0 Å². The third-order valence-electron chi connectivity index (χ3n) is 1.90. The molecule has 2 N–H and O–H groups in total. The van der Waals surface area contributed by atoms with Crippen molar-refractivity contribution in [3.05, 3.63) is 23.5 Å². The van der Waals surface area contributed by atoms with Gasteiger partial charge in [0.15, 0.2) is 0 Å². The van der Waals surface area contributed by atoms with Crippen LogP contribution in [-0.2, 0) is 4.74 Å². The minimum atomic E-state index is -0.183. The van der Waals surface area contributed by atoms with Gasteiger partial charge in [0.2, 0.25) is 0 Å². The van der Waals surface area contributed by atoms with Gasteiger partial charge < -0.3 is 10.5 Å². The third kappa shape index (κ3) is 1.76. The predicted octanol–water partition coefficient (Wildman–Crippen LogP) is 1.24. The second-order valence-electron chi connectivity index (χ2n) is 2.68. The van der Waals surface area contributed by atoms with Crippen LogP contribution in [0.3, 0.4) is 0 Å². The van der Waals surface area contributed by atoms with E-state index in [1.165, 1.54) is 12.4 Å². The van der Waals surface area contributed by atoms with Crippen LogP contribution in [0.25, 0.3) is 0 Å². The number of ether oxygens (including phenoxy) is 1. The number of hydrogen-bond donors (Lipinski definition) is 1. The Labute approximate surface area is 77.0 Å². The minimum Gasteiger partial charge on any atom is -0.397 e. The molecule has 0 saturated heterocycles. The molecule has 0 amide bonds. The number of nitrogen functional groups attached to an aromatic ring is 1. The molecule has 1 atom stereocenters. The molecule has 68 valence electrons. The van der Waals surface area contributed by atoms with Gasteiger partial charge in [0.1, 0.15) is 6.07 Å². The molecular formula is C9H11N3O. The highest BCUT2D eigenvalue weighted by molar-refractivity contribution is 5.53. The van der Waals surface area contributed by atoms with Crippen LogP contribution in [0.15, 0.2) is 12.4 Å². The van der Waals surface area contributed by atoms with Crippen LogP contribution in [0, 0.1) is 11.3 Å². The number of hydrogen-bond acceptors (Lipinski definition) is 4. The molecule has 0 aliphatic rings. The standard InChI is InChI=1S/C9H11N3O/c1-6(13-2)9-7(3-10)4-12-5-8(9)11/h4-6H,11H2,1-2H3. The largest absolute Gasteiger partial charge is 0.397 e. The number of nitriles is 1. The summed E-state index contributed by atoms with van der Waals surface area (Å²) in [6.45, 7) is 1.84. The van der Waals surface area contributed by atoms with Crippen molar-refractivity contribution in [2.75, 3.05) is 12.8 Å². The van der Waals surface area contributed by atoms with Crippen LogP contribution in [0.4, 0.5) is 5.69 Å². The quantitative estimate of drug-likeness (QED) is 0.737. The fourth-order valence-electron chi connectivity index (χ4n) is 1.15. The molecule has 1 unspecified atom stereocenters. The zero-order valence-electron chi connectivity index (χ0n) is 7.61. The van der Waals surface area contributed by atoms with Crippen molar-refractivity contribution in [1.29, 1.82) is 5.26 Å². The van der Waals surface area contributed by atoms with E-state index >= 15 is 0 Å². The van der Waals surface area contributed by atoms with Gasteiger partial charge in [0.05, 0.1) is 23.6 Å². The van der Waals surface area contributed by atoms with E-state index in [-0.39, 0.29) is 6.10 Å². The Bertz CT molecular complexity index is 343. The molecule has 0 aliphatic heterocycles. The summed E-state index contributed by atoms with van der Waals surface area (Å²) in [6, 6.07) is 2.03. The summed E-state index contributed by atoms with van der Waals surface area (Å²) in [5, 5.41) is 8.79. The van der Waals surface area contributed by atoms with Crippen molar-refractivity contribution in [3.63, 3.8) is 0 Å². The van der Waals surface area contributed by atoms with Gasteiger partial charge in [-0.15, -0.1) is 0 Å². The average Bonchev–Trinajstić information content (AvgIpc) is 2.16. The molecule has 4 nitrogen and oxygen atoms in total. The van der Waals surface area contributed by atoms with Crippen molar-refractivity contribution in [2.45, 2.75) is 13.0 Å². The molecule has 1 heterocycles. The predicted molar refractivity (Wildman–Crippen MR) is 48.8 cm³/mol. The number of anilines is 1. The van der Waals surface area contributed by atoms with E-state index in [9.17, 15) is 0 Å². The number of nitrogens with zero attached hydrogens (tertiary/aromatic N) is 2. The summed E-state index contributed by atoms with van der Waals surface area (Å²) in [6.07, 6.45) is 2.82. The Morgan fingerprint density at radius 2 is 2.31 bits per heavy atom. The van der Waals surface area contributed by atoms with Crippen molar-refractivity contribution >= 4 is 5.69 Å². The third-order valence-corrected chi connectivity index (χ3v) is 1.90. The van der Waals surface area contributed by atoms with Gasteiger partial charge in [-0.3, -0.25) is 4.98 Å². The molecule has 1 aromatic heterocycles. The van der Waals surface area contributed by atoms with Crippen molar-refractivity contribution in [3.8, 4) is 6.07 Å². The minimum absolute atomic E-state index is 0.183. The van der Waals surface area contributed by atoms with Crippen LogP contribution in [-0.4, -0.2) is 12.1 Å². The Hall–Kier alpha value is -1.60. The van der Waals surface area contributed by atoms with Crippen LogP contribution in [0.5, 0.6) is 0 Å². The van der Waals surface area contributed by atoms with Crippen molar-refractivity contribution in [1.82, 2.24) is 4.98 Å². The topological polar surface area (TPSA) is 71.9 Å². The first-order valence-electron chi connectivity index (χ1n) is 3.87. The molecule has 1 rings (SSSR count). The molecular weight excluding hydrogens is 166 g/mol. The molecule has 4 heteroatoms. The number of nitrogens with two attached hydrogens (primary N) is 1. The van der Waals surface area contributed by atoms with Gasteiger partial charge in [-0.05, 0) is 6.92 Å². The maximum atomic E-state index is 8.79. The Morgan fingerprint density at radius 3 is 2.85 bits per heavy atom. The summed E-state index contributed by atoms with van der Waals surface area (Å²) >= 11 is 0. The monoisotopic (exact) mass is 177 g/mol. The lowest BCUT2D eigenvalue weighted by Gasteiger charge is -2.13. The first-order chi connectivity index (χ1) is 6.20. The lowest BCUT2D eigenvalue weighted by atomic mass is 10.1. The van der Waals surface area contributed by atoms with Crippen molar-refractivity contribution < 1.29 is 4.74 Å².